The zero-order valence-electron chi connectivity index (χ0n) is 9.04. The minimum atomic E-state index is -0.255. The van der Waals surface area contributed by atoms with E-state index in [0.29, 0.717) is 11.3 Å². The number of carbonyl (C=O) groups is 1. The number of benzene rings is 1. The van der Waals surface area contributed by atoms with Crippen LogP contribution in [0.5, 0.6) is 5.75 Å². The second-order valence-corrected chi connectivity index (χ2v) is 4.19. The van der Waals surface area contributed by atoms with Crippen LogP contribution in [-0.2, 0) is 0 Å². The van der Waals surface area contributed by atoms with E-state index < -0.39 is 0 Å². The Kier molecular flexibility index (Phi) is 2.49. The summed E-state index contributed by atoms with van der Waals surface area (Å²) in [7, 11) is 1.59. The molecule has 0 bridgehead atoms. The first-order valence-corrected chi connectivity index (χ1v) is 5.06. The molecule has 0 radical (unpaired) electrons. The van der Waals surface area contributed by atoms with E-state index in [-0.39, 0.29) is 11.2 Å². The molecule has 1 saturated heterocycles. The van der Waals surface area contributed by atoms with Crippen molar-refractivity contribution in [3.05, 3.63) is 29.8 Å². The predicted molar refractivity (Wildman–Crippen MR) is 58.3 cm³/mol. The molecule has 1 aromatic rings. The van der Waals surface area contributed by atoms with Crippen LogP contribution in [0, 0.1) is 5.41 Å². The van der Waals surface area contributed by atoms with Crippen LogP contribution in [-0.4, -0.2) is 26.0 Å². The van der Waals surface area contributed by atoms with E-state index in [1.165, 1.54) is 0 Å². The number of hydrogen-bond acceptors (Lipinski definition) is 3. The molecule has 0 spiro atoms. The standard InChI is InChI=1S/C12H15NO2/c1-12(7-13-8-12)11(14)9-5-3-4-6-10(9)15-2/h3-6,13H,7-8H2,1-2H3. The van der Waals surface area contributed by atoms with E-state index >= 15 is 0 Å². The summed E-state index contributed by atoms with van der Waals surface area (Å²) in [5.74, 6) is 0.828. The lowest BCUT2D eigenvalue weighted by atomic mass is 9.77. The van der Waals surface area contributed by atoms with Crippen molar-refractivity contribution in [2.75, 3.05) is 20.2 Å². The second kappa shape index (κ2) is 3.66. The highest BCUT2D eigenvalue weighted by Crippen LogP contribution is 2.30. The molecule has 15 heavy (non-hydrogen) atoms. The highest BCUT2D eigenvalue weighted by atomic mass is 16.5. The molecule has 3 heteroatoms. The molecule has 1 aromatic carbocycles. The molecule has 1 aliphatic rings. The molecular weight excluding hydrogens is 190 g/mol. The summed E-state index contributed by atoms with van der Waals surface area (Å²) < 4.78 is 5.19. The lowest BCUT2D eigenvalue weighted by Gasteiger charge is -2.37. The first-order valence-electron chi connectivity index (χ1n) is 5.06. The Morgan fingerprint density at radius 3 is 2.60 bits per heavy atom. The van der Waals surface area contributed by atoms with Crippen molar-refractivity contribution in [3.63, 3.8) is 0 Å². The van der Waals surface area contributed by atoms with E-state index in [9.17, 15) is 4.79 Å². The topological polar surface area (TPSA) is 38.3 Å². The van der Waals surface area contributed by atoms with Gasteiger partial charge in [0.15, 0.2) is 5.78 Å². The fourth-order valence-corrected chi connectivity index (χ4v) is 1.82. The van der Waals surface area contributed by atoms with Crippen LogP contribution in [0.4, 0.5) is 0 Å². The Morgan fingerprint density at radius 2 is 2.07 bits per heavy atom. The van der Waals surface area contributed by atoms with Crippen molar-refractivity contribution in [1.29, 1.82) is 0 Å². The summed E-state index contributed by atoms with van der Waals surface area (Å²) >= 11 is 0. The largest absolute Gasteiger partial charge is 0.496 e. The van der Waals surface area contributed by atoms with Gasteiger partial charge in [-0.1, -0.05) is 12.1 Å². The highest BCUT2D eigenvalue weighted by Gasteiger charge is 2.40. The van der Waals surface area contributed by atoms with Crippen LogP contribution in [0.2, 0.25) is 0 Å². The number of rotatable bonds is 3. The normalized spacial score (nSPS) is 18.0. The van der Waals surface area contributed by atoms with Crippen LogP contribution < -0.4 is 10.1 Å². The van der Waals surface area contributed by atoms with Crippen LogP contribution in [0.15, 0.2) is 24.3 Å². The third kappa shape index (κ3) is 1.63. The monoisotopic (exact) mass is 205 g/mol. The Balaban J connectivity index is 2.32. The summed E-state index contributed by atoms with van der Waals surface area (Å²) in [5.41, 5.74) is 0.429. The molecule has 1 heterocycles. The molecule has 0 saturated carbocycles. The molecule has 0 aromatic heterocycles. The number of ether oxygens (including phenoxy) is 1. The van der Waals surface area contributed by atoms with Gasteiger partial charge >= 0.3 is 0 Å². The van der Waals surface area contributed by atoms with Crippen LogP contribution in [0.1, 0.15) is 17.3 Å². The second-order valence-electron chi connectivity index (χ2n) is 4.19. The molecule has 0 aliphatic carbocycles. The lowest BCUT2D eigenvalue weighted by molar-refractivity contribution is 0.0718. The molecule has 0 unspecified atom stereocenters. The summed E-state index contributed by atoms with van der Waals surface area (Å²) in [5, 5.41) is 3.13. The minimum Gasteiger partial charge on any atom is -0.496 e. The van der Waals surface area contributed by atoms with Crippen LogP contribution in [0.25, 0.3) is 0 Å². The Bertz CT molecular complexity index is 383. The van der Waals surface area contributed by atoms with Gasteiger partial charge in [-0.15, -0.1) is 0 Å². The maximum atomic E-state index is 12.2. The number of methoxy groups -OCH3 is 1. The highest BCUT2D eigenvalue weighted by molar-refractivity contribution is 6.03. The van der Waals surface area contributed by atoms with Gasteiger partial charge in [0.1, 0.15) is 5.75 Å². The number of hydrogen-bond donors (Lipinski definition) is 1. The third-order valence-corrected chi connectivity index (χ3v) is 2.93. The maximum absolute atomic E-state index is 12.2. The molecular formula is C12H15NO2. The fourth-order valence-electron chi connectivity index (χ4n) is 1.82. The quantitative estimate of drug-likeness (QED) is 0.760. The Labute approximate surface area is 89.4 Å². The SMILES string of the molecule is COc1ccccc1C(=O)C1(C)CNC1. The van der Waals surface area contributed by atoms with Gasteiger partial charge in [-0.25, -0.2) is 0 Å². The molecule has 0 atom stereocenters. The van der Waals surface area contributed by atoms with Gasteiger partial charge < -0.3 is 10.1 Å². The summed E-state index contributed by atoms with van der Waals surface area (Å²) in [4.78, 5) is 12.2. The summed E-state index contributed by atoms with van der Waals surface area (Å²) in [6.45, 7) is 3.49. The number of para-hydroxylation sites is 1. The molecule has 0 amide bonds. The smallest absolute Gasteiger partial charge is 0.174 e. The Morgan fingerprint density at radius 1 is 1.40 bits per heavy atom. The van der Waals surface area contributed by atoms with E-state index in [2.05, 4.69) is 5.32 Å². The lowest BCUT2D eigenvalue weighted by Crippen LogP contribution is -2.56. The molecule has 1 aliphatic heterocycles. The fraction of sp³-hybridized carbons (Fsp3) is 0.417. The van der Waals surface area contributed by atoms with Crippen molar-refractivity contribution in [2.24, 2.45) is 5.41 Å². The molecule has 1 fully saturated rings. The van der Waals surface area contributed by atoms with E-state index in [4.69, 9.17) is 4.74 Å². The predicted octanol–water partition coefficient (Wildman–Crippen LogP) is 1.49. The summed E-state index contributed by atoms with van der Waals surface area (Å²) in [6, 6.07) is 7.38. The zero-order valence-corrected chi connectivity index (χ0v) is 9.04. The van der Waals surface area contributed by atoms with Crippen molar-refractivity contribution in [2.45, 2.75) is 6.92 Å². The number of ketones is 1. The van der Waals surface area contributed by atoms with E-state index in [0.717, 1.165) is 13.1 Å². The van der Waals surface area contributed by atoms with Gasteiger partial charge in [0.25, 0.3) is 0 Å². The van der Waals surface area contributed by atoms with Gasteiger partial charge in [-0.2, -0.15) is 0 Å². The van der Waals surface area contributed by atoms with Crippen molar-refractivity contribution in [1.82, 2.24) is 5.32 Å². The molecule has 1 N–H and O–H groups in total. The average molecular weight is 205 g/mol. The van der Waals surface area contributed by atoms with Crippen molar-refractivity contribution in [3.8, 4) is 5.75 Å². The first-order chi connectivity index (χ1) is 7.17. The van der Waals surface area contributed by atoms with Gasteiger partial charge in [-0.3, -0.25) is 4.79 Å². The van der Waals surface area contributed by atoms with E-state index in [1.807, 2.05) is 31.2 Å². The van der Waals surface area contributed by atoms with Crippen molar-refractivity contribution >= 4 is 5.78 Å². The number of carbonyl (C=O) groups excluding carboxylic acids is 1. The minimum absolute atomic E-state index is 0.165. The van der Waals surface area contributed by atoms with Crippen molar-refractivity contribution < 1.29 is 9.53 Å². The molecule has 3 nitrogen and oxygen atoms in total. The number of nitrogens with one attached hydrogen (secondary N) is 1. The van der Waals surface area contributed by atoms with Gasteiger partial charge in [0, 0.05) is 13.1 Å². The van der Waals surface area contributed by atoms with Gasteiger partial charge in [0.2, 0.25) is 0 Å². The Hall–Kier alpha value is -1.35. The molecule has 2 rings (SSSR count). The zero-order chi connectivity index (χ0) is 10.9. The third-order valence-electron chi connectivity index (χ3n) is 2.93. The first kappa shape index (κ1) is 10.2. The average Bonchev–Trinajstić information content (AvgIpc) is 2.25. The summed E-state index contributed by atoms with van der Waals surface area (Å²) in [6.07, 6.45) is 0. The van der Waals surface area contributed by atoms with Crippen LogP contribution in [0.3, 0.4) is 0 Å². The number of Topliss-reactive ketones (excluding diaryl/α,β-unsaturated/α-hetero) is 1. The van der Waals surface area contributed by atoms with Gasteiger partial charge in [0.05, 0.1) is 18.1 Å². The maximum Gasteiger partial charge on any atom is 0.174 e. The van der Waals surface area contributed by atoms with Crippen LogP contribution >= 0.6 is 0 Å². The van der Waals surface area contributed by atoms with E-state index in [1.54, 1.807) is 7.11 Å². The van der Waals surface area contributed by atoms with Gasteiger partial charge in [-0.05, 0) is 19.1 Å². The molecule has 80 valence electrons.